The molecule has 7 nitrogen and oxygen atoms in total. The van der Waals surface area contributed by atoms with Crippen molar-refractivity contribution >= 4 is 12.0 Å². The van der Waals surface area contributed by atoms with Crippen LogP contribution in [0.2, 0.25) is 0 Å². The number of aromatic nitrogens is 1. The van der Waals surface area contributed by atoms with Crippen LogP contribution in [0.5, 0.6) is 11.5 Å². The fourth-order valence-corrected chi connectivity index (χ4v) is 7.24. The number of pyridine rings is 1. The van der Waals surface area contributed by atoms with Crippen molar-refractivity contribution in [2.24, 2.45) is 28.6 Å². The summed E-state index contributed by atoms with van der Waals surface area (Å²) < 4.78 is 12.2. The summed E-state index contributed by atoms with van der Waals surface area (Å²) in [6.07, 6.45) is 6.76. The van der Waals surface area contributed by atoms with Gasteiger partial charge in [0.2, 0.25) is 0 Å². The molecule has 6 aromatic rings. The third-order valence-electron chi connectivity index (χ3n) is 9.86. The Labute approximate surface area is 346 Å². The van der Waals surface area contributed by atoms with Gasteiger partial charge in [-0.25, -0.2) is 5.84 Å². The van der Waals surface area contributed by atoms with Crippen LogP contribution in [0.1, 0.15) is 66.8 Å². The first kappa shape index (κ1) is 43.2. The maximum atomic E-state index is 6.13. The molecule has 0 spiro atoms. The molecule has 0 aliphatic rings. The van der Waals surface area contributed by atoms with Crippen molar-refractivity contribution < 1.29 is 9.47 Å². The van der Waals surface area contributed by atoms with Gasteiger partial charge in [0.05, 0.1) is 24.6 Å². The fraction of sp³-hybridized carbons (Fsp3) is 0.294. The number of rotatable bonds is 16. The lowest BCUT2D eigenvalue weighted by molar-refractivity contribution is 0.320. The van der Waals surface area contributed by atoms with E-state index in [0.29, 0.717) is 31.5 Å². The van der Waals surface area contributed by atoms with Gasteiger partial charge in [-0.2, -0.15) is 5.10 Å². The first-order chi connectivity index (χ1) is 28.0. The maximum absolute atomic E-state index is 6.13. The summed E-state index contributed by atoms with van der Waals surface area (Å²) in [4.78, 5) is 4.43. The second kappa shape index (κ2) is 21.6. The summed E-state index contributed by atoms with van der Waals surface area (Å²) in [5.74, 6) is 14.2. The summed E-state index contributed by atoms with van der Waals surface area (Å²) >= 11 is 0. The number of anilines is 1. The van der Waals surface area contributed by atoms with Gasteiger partial charge in [-0.05, 0) is 137 Å². The van der Waals surface area contributed by atoms with Crippen molar-refractivity contribution in [2.75, 3.05) is 18.2 Å². The van der Waals surface area contributed by atoms with Gasteiger partial charge in [0.1, 0.15) is 17.8 Å². The standard InChI is InChI=1S/C26H30O.C25H31N5O/c1-19(2)15-23-11-7-8-12-26(23)24-16-20(3)17-25(18-24)27-14-13-22-10-6-5-9-21(22)4;1-18(2)13-20-7-4-5-8-23(20)21-14-19(3)15-22(16-21)31-12-10-24-25(9-6-11-28-24)30(27)17-29-26/h5-12,16-19H,13-15H2,1-4H3;4-9,11,14-18H,10,12-13,26-27H2,1-3H3/b;29-17-. The molecule has 6 rings (SSSR count). The first-order valence-corrected chi connectivity index (χ1v) is 20.4. The zero-order chi connectivity index (χ0) is 41.4. The van der Waals surface area contributed by atoms with Crippen LogP contribution in [0, 0.1) is 32.6 Å². The zero-order valence-corrected chi connectivity index (χ0v) is 35.4. The normalized spacial score (nSPS) is 11.1. The van der Waals surface area contributed by atoms with Crippen molar-refractivity contribution in [1.29, 1.82) is 0 Å². The Morgan fingerprint density at radius 3 is 1.64 bits per heavy atom. The van der Waals surface area contributed by atoms with Crippen LogP contribution < -0.4 is 26.2 Å². The number of hydrazine groups is 1. The number of hydrogen-bond acceptors (Lipinski definition) is 6. The van der Waals surface area contributed by atoms with Crippen LogP contribution >= 0.6 is 0 Å². The lowest BCUT2D eigenvalue weighted by Gasteiger charge is -2.16. The number of hydrazone groups is 1. The Morgan fingerprint density at radius 1 is 0.621 bits per heavy atom. The minimum absolute atomic E-state index is 0.480. The number of ether oxygens (including phenoxy) is 2. The Hall–Kier alpha value is -5.92. The van der Waals surface area contributed by atoms with Crippen molar-refractivity contribution in [1.82, 2.24) is 4.98 Å². The van der Waals surface area contributed by atoms with Crippen molar-refractivity contribution in [3.63, 3.8) is 0 Å². The number of benzene rings is 5. The molecule has 0 unspecified atom stereocenters. The van der Waals surface area contributed by atoms with E-state index in [1.807, 2.05) is 12.1 Å². The summed E-state index contributed by atoms with van der Waals surface area (Å²) in [6.45, 7) is 16.6. The highest BCUT2D eigenvalue weighted by Gasteiger charge is 2.12. The molecule has 1 aromatic heterocycles. The predicted molar refractivity (Wildman–Crippen MR) is 243 cm³/mol. The zero-order valence-electron chi connectivity index (χ0n) is 35.4. The molecule has 302 valence electrons. The minimum atomic E-state index is 0.480. The minimum Gasteiger partial charge on any atom is -0.493 e. The first-order valence-electron chi connectivity index (χ1n) is 20.4. The van der Waals surface area contributed by atoms with Gasteiger partial charge < -0.3 is 15.3 Å². The van der Waals surface area contributed by atoms with Gasteiger partial charge in [-0.15, -0.1) is 0 Å². The smallest absolute Gasteiger partial charge is 0.129 e. The second-order valence-corrected chi connectivity index (χ2v) is 15.8. The Morgan fingerprint density at radius 2 is 1.12 bits per heavy atom. The highest BCUT2D eigenvalue weighted by molar-refractivity contribution is 5.78. The highest BCUT2D eigenvalue weighted by Crippen LogP contribution is 2.32. The molecule has 0 fully saturated rings. The summed E-state index contributed by atoms with van der Waals surface area (Å²) in [7, 11) is 0. The van der Waals surface area contributed by atoms with Crippen molar-refractivity contribution in [3.8, 4) is 33.8 Å². The van der Waals surface area contributed by atoms with Crippen LogP contribution in [0.15, 0.2) is 133 Å². The predicted octanol–water partition coefficient (Wildman–Crippen LogP) is 11.2. The maximum Gasteiger partial charge on any atom is 0.129 e. The molecule has 7 heteroatoms. The monoisotopic (exact) mass is 775 g/mol. The van der Waals surface area contributed by atoms with E-state index in [0.717, 1.165) is 47.7 Å². The van der Waals surface area contributed by atoms with E-state index in [4.69, 9.17) is 21.2 Å². The lowest BCUT2D eigenvalue weighted by atomic mass is 9.93. The summed E-state index contributed by atoms with van der Waals surface area (Å²) in [5.41, 5.74) is 14.4. The van der Waals surface area contributed by atoms with Gasteiger partial charge in [0.15, 0.2) is 0 Å². The van der Waals surface area contributed by atoms with Gasteiger partial charge >= 0.3 is 0 Å². The largest absolute Gasteiger partial charge is 0.493 e. The van der Waals surface area contributed by atoms with Crippen LogP contribution in [0.25, 0.3) is 22.3 Å². The molecule has 0 amide bonds. The molecule has 0 bridgehead atoms. The van der Waals surface area contributed by atoms with Crippen LogP contribution in [0.4, 0.5) is 5.69 Å². The van der Waals surface area contributed by atoms with Gasteiger partial charge in [0, 0.05) is 19.0 Å². The number of aryl methyl sites for hydroxylation is 3. The number of nitrogens with zero attached hydrogens (tertiary/aromatic N) is 3. The van der Waals surface area contributed by atoms with E-state index in [9.17, 15) is 0 Å². The molecular formula is C51H61N5O2. The second-order valence-electron chi connectivity index (χ2n) is 15.8. The Bertz CT molecular complexity index is 2250. The molecule has 0 saturated heterocycles. The topological polar surface area (TPSA) is 99.0 Å². The van der Waals surface area contributed by atoms with Gasteiger partial charge in [-0.3, -0.25) is 9.99 Å². The van der Waals surface area contributed by atoms with E-state index < -0.39 is 0 Å². The van der Waals surface area contributed by atoms with E-state index in [1.54, 1.807) is 6.20 Å². The van der Waals surface area contributed by atoms with E-state index >= 15 is 0 Å². The fourth-order valence-electron chi connectivity index (χ4n) is 7.24. The third kappa shape index (κ3) is 12.8. The Balaban J connectivity index is 0.000000223. The molecule has 0 atom stereocenters. The van der Waals surface area contributed by atoms with Crippen molar-refractivity contribution in [2.45, 2.75) is 74.1 Å². The van der Waals surface area contributed by atoms with E-state index in [1.165, 1.54) is 61.4 Å². The molecule has 5 aromatic carbocycles. The quantitative estimate of drug-likeness (QED) is 0.0440. The Kier molecular flexibility index (Phi) is 16.1. The third-order valence-corrected chi connectivity index (χ3v) is 9.86. The van der Waals surface area contributed by atoms with E-state index in [2.05, 4.69) is 168 Å². The molecule has 0 saturated carbocycles. The summed E-state index contributed by atoms with van der Waals surface area (Å²) in [6, 6.07) is 42.5. The van der Waals surface area contributed by atoms with Crippen LogP contribution in [-0.4, -0.2) is 24.5 Å². The number of hydrogen-bond donors (Lipinski definition) is 2. The molecule has 0 radical (unpaired) electrons. The van der Waals surface area contributed by atoms with Crippen LogP contribution in [0.3, 0.4) is 0 Å². The lowest BCUT2D eigenvalue weighted by Crippen LogP contribution is -2.31. The van der Waals surface area contributed by atoms with Gasteiger partial charge in [-0.1, -0.05) is 113 Å². The molecule has 4 N–H and O–H groups in total. The molecular weight excluding hydrogens is 715 g/mol. The average Bonchev–Trinajstić information content (AvgIpc) is 3.19. The highest BCUT2D eigenvalue weighted by atomic mass is 16.5. The molecule has 58 heavy (non-hydrogen) atoms. The molecule has 1 heterocycles. The van der Waals surface area contributed by atoms with Gasteiger partial charge in [0.25, 0.3) is 0 Å². The summed E-state index contributed by atoms with van der Waals surface area (Å²) in [5, 5.41) is 4.83. The molecule has 0 aliphatic heterocycles. The number of nitrogens with two attached hydrogens (primary N) is 2. The molecule has 0 aliphatic carbocycles. The SMILES string of the molecule is Cc1cc(OCCc2ccccc2C)cc(-c2ccccc2CC(C)C)c1.Cc1cc(OCCc2ncccc2N(N)/C=N\N)cc(-c2ccccc2CC(C)C)c1. The average molecular weight is 776 g/mol. The van der Waals surface area contributed by atoms with Crippen LogP contribution in [-0.2, 0) is 25.7 Å². The van der Waals surface area contributed by atoms with E-state index in [-0.39, 0.29) is 0 Å². The van der Waals surface area contributed by atoms with Crippen molar-refractivity contribution in [3.05, 3.63) is 167 Å².